The van der Waals surface area contributed by atoms with E-state index in [1.54, 1.807) is 28.6 Å². The lowest BCUT2D eigenvalue weighted by atomic mass is 10.2. The average Bonchev–Trinajstić information content (AvgIpc) is 2.79. The van der Waals surface area contributed by atoms with Crippen molar-refractivity contribution in [3.63, 3.8) is 0 Å². The fourth-order valence-corrected chi connectivity index (χ4v) is 2.74. The molecule has 4 nitrogen and oxygen atoms in total. The van der Waals surface area contributed by atoms with E-state index in [2.05, 4.69) is 10.3 Å². The number of hydrogen-bond donors (Lipinski definition) is 2. The Kier molecular flexibility index (Phi) is 7.23. The number of thiazole rings is 1. The minimum Gasteiger partial charge on any atom is -0.396 e. The molecule has 96 valence electrons. The molecule has 2 N–H and O–H groups in total. The Morgan fingerprint density at radius 1 is 1.71 bits per heavy atom. The van der Waals surface area contributed by atoms with Gasteiger partial charge in [-0.25, -0.2) is 4.98 Å². The average molecular weight is 274 g/mol. The lowest BCUT2D eigenvalue weighted by Crippen LogP contribution is -2.33. The maximum atomic E-state index is 11.5. The van der Waals surface area contributed by atoms with Crippen molar-refractivity contribution in [1.29, 1.82) is 0 Å². The van der Waals surface area contributed by atoms with Gasteiger partial charge in [0.15, 0.2) is 0 Å². The Morgan fingerprint density at radius 2 is 2.53 bits per heavy atom. The van der Waals surface area contributed by atoms with Crippen molar-refractivity contribution >= 4 is 29.0 Å². The van der Waals surface area contributed by atoms with Gasteiger partial charge in [-0.3, -0.25) is 4.79 Å². The number of nitrogens with zero attached hydrogens (tertiary/aromatic N) is 1. The van der Waals surface area contributed by atoms with Crippen molar-refractivity contribution in [3.05, 3.63) is 16.6 Å². The number of aliphatic hydroxyl groups is 1. The van der Waals surface area contributed by atoms with Crippen LogP contribution in [0.1, 0.15) is 25.5 Å². The zero-order valence-corrected chi connectivity index (χ0v) is 11.5. The van der Waals surface area contributed by atoms with E-state index >= 15 is 0 Å². The molecular formula is C11H18N2O2S2. The number of amides is 1. The van der Waals surface area contributed by atoms with Gasteiger partial charge in [0.25, 0.3) is 0 Å². The first-order valence-electron chi connectivity index (χ1n) is 5.57. The number of carbonyl (C=O) groups is 1. The van der Waals surface area contributed by atoms with Crippen molar-refractivity contribution in [2.45, 2.75) is 31.6 Å². The van der Waals surface area contributed by atoms with Gasteiger partial charge in [-0.15, -0.1) is 23.1 Å². The molecule has 1 heterocycles. The maximum absolute atomic E-state index is 11.5. The van der Waals surface area contributed by atoms with Gasteiger partial charge in [-0.1, -0.05) is 0 Å². The largest absolute Gasteiger partial charge is 0.396 e. The van der Waals surface area contributed by atoms with Gasteiger partial charge in [-0.2, -0.15) is 0 Å². The van der Waals surface area contributed by atoms with Crippen molar-refractivity contribution in [1.82, 2.24) is 10.3 Å². The molecule has 1 amide bonds. The molecular weight excluding hydrogens is 256 g/mol. The van der Waals surface area contributed by atoms with Crippen LogP contribution in [0.25, 0.3) is 0 Å². The van der Waals surface area contributed by atoms with Gasteiger partial charge in [0.1, 0.15) is 0 Å². The third-order valence-electron chi connectivity index (χ3n) is 2.17. The molecule has 0 bridgehead atoms. The van der Waals surface area contributed by atoms with E-state index in [1.165, 1.54) is 0 Å². The molecule has 0 aliphatic rings. The summed E-state index contributed by atoms with van der Waals surface area (Å²) in [4.78, 5) is 15.7. The minimum atomic E-state index is 0.0515. The molecule has 0 aromatic carbocycles. The second-order valence-electron chi connectivity index (χ2n) is 3.81. The van der Waals surface area contributed by atoms with Crippen LogP contribution in [0, 0.1) is 0 Å². The summed E-state index contributed by atoms with van der Waals surface area (Å²) in [7, 11) is 0. The van der Waals surface area contributed by atoms with Gasteiger partial charge >= 0.3 is 0 Å². The molecule has 1 aromatic heterocycles. The number of thioether (sulfide) groups is 1. The van der Waals surface area contributed by atoms with E-state index in [9.17, 15) is 4.79 Å². The van der Waals surface area contributed by atoms with Gasteiger partial charge < -0.3 is 10.4 Å². The summed E-state index contributed by atoms with van der Waals surface area (Å²) >= 11 is 3.14. The molecule has 17 heavy (non-hydrogen) atoms. The van der Waals surface area contributed by atoms with E-state index < -0.39 is 0 Å². The quantitative estimate of drug-likeness (QED) is 0.757. The minimum absolute atomic E-state index is 0.0515. The number of rotatable bonds is 8. The predicted molar refractivity (Wildman–Crippen MR) is 72.2 cm³/mol. The van der Waals surface area contributed by atoms with Crippen LogP contribution in [0.3, 0.4) is 0 Å². The lowest BCUT2D eigenvalue weighted by Gasteiger charge is -2.12. The van der Waals surface area contributed by atoms with E-state index in [0.717, 1.165) is 24.3 Å². The van der Waals surface area contributed by atoms with Crippen LogP contribution < -0.4 is 5.32 Å². The molecule has 0 saturated carbocycles. The number of hydrogen-bond acceptors (Lipinski definition) is 5. The molecule has 1 aromatic rings. The fourth-order valence-electron chi connectivity index (χ4n) is 1.34. The van der Waals surface area contributed by atoms with Gasteiger partial charge in [-0.05, 0) is 19.8 Å². The highest BCUT2D eigenvalue weighted by Gasteiger charge is 2.07. The number of aliphatic hydroxyl groups excluding tert-OH is 1. The molecule has 6 heteroatoms. The number of carbonyl (C=O) groups excluding carboxylic acids is 1. The third-order valence-corrected chi connectivity index (χ3v) is 3.77. The first kappa shape index (κ1) is 14.5. The van der Waals surface area contributed by atoms with Crippen LogP contribution in [0.5, 0.6) is 0 Å². The Labute approximate surface area is 110 Å². The van der Waals surface area contributed by atoms with Crippen LogP contribution in [0.4, 0.5) is 0 Å². The smallest absolute Gasteiger partial charge is 0.230 e. The molecule has 0 saturated heterocycles. The fraction of sp³-hybridized carbons (Fsp3) is 0.636. The summed E-state index contributed by atoms with van der Waals surface area (Å²) in [5.74, 6) is 1.29. The summed E-state index contributed by atoms with van der Waals surface area (Å²) < 4.78 is 0. The zero-order valence-electron chi connectivity index (χ0n) is 9.89. The summed E-state index contributed by atoms with van der Waals surface area (Å²) in [6, 6.07) is 0.134. The lowest BCUT2D eigenvalue weighted by molar-refractivity contribution is -0.119. The van der Waals surface area contributed by atoms with Crippen molar-refractivity contribution in [2.24, 2.45) is 0 Å². The highest BCUT2D eigenvalue weighted by atomic mass is 32.2. The van der Waals surface area contributed by atoms with Crippen LogP contribution in [-0.4, -0.2) is 34.4 Å². The first-order valence-corrected chi connectivity index (χ1v) is 7.67. The second kappa shape index (κ2) is 8.49. The third kappa shape index (κ3) is 6.65. The first-order chi connectivity index (χ1) is 8.22. The highest BCUT2D eigenvalue weighted by Crippen LogP contribution is 2.11. The van der Waals surface area contributed by atoms with Crippen LogP contribution in [-0.2, 0) is 10.5 Å². The number of aromatic nitrogens is 1. The van der Waals surface area contributed by atoms with E-state index in [1.807, 2.05) is 12.3 Å². The number of nitrogens with one attached hydrogen (secondary N) is 1. The monoisotopic (exact) mass is 274 g/mol. The summed E-state index contributed by atoms with van der Waals surface area (Å²) in [6.45, 7) is 2.14. The molecule has 1 atom stereocenters. The van der Waals surface area contributed by atoms with Crippen molar-refractivity contribution < 1.29 is 9.90 Å². The Hall–Kier alpha value is -0.590. The molecule has 0 aliphatic heterocycles. The predicted octanol–water partition coefficient (Wildman–Crippen LogP) is 1.65. The summed E-state index contributed by atoms with van der Waals surface area (Å²) in [5, 5.41) is 13.6. The Balaban J connectivity index is 2.08. The maximum Gasteiger partial charge on any atom is 0.230 e. The summed E-state index contributed by atoms with van der Waals surface area (Å²) in [5.41, 5.74) is 2.83. The van der Waals surface area contributed by atoms with Gasteiger partial charge in [0, 0.05) is 23.8 Å². The molecule has 0 fully saturated rings. The Bertz CT molecular complexity index is 317. The van der Waals surface area contributed by atoms with Gasteiger partial charge in [0.2, 0.25) is 5.91 Å². The second-order valence-corrected chi connectivity index (χ2v) is 5.51. The van der Waals surface area contributed by atoms with Crippen LogP contribution >= 0.6 is 23.1 Å². The SMILES string of the molecule is CC(CCCO)NC(=O)CSCc1cscn1. The van der Waals surface area contributed by atoms with Crippen molar-refractivity contribution in [2.75, 3.05) is 12.4 Å². The normalized spacial score (nSPS) is 12.4. The topological polar surface area (TPSA) is 62.2 Å². The molecule has 0 radical (unpaired) electrons. The standard InChI is InChI=1S/C11H18N2O2S2/c1-9(3-2-4-14)13-11(15)7-16-5-10-6-17-8-12-10/h6,8-9,14H,2-5,7H2,1H3,(H,13,15). The molecule has 1 unspecified atom stereocenters. The molecule has 0 spiro atoms. The van der Waals surface area contributed by atoms with Crippen LogP contribution in [0.2, 0.25) is 0 Å². The van der Waals surface area contributed by atoms with Crippen LogP contribution in [0.15, 0.2) is 10.9 Å². The molecule has 0 aliphatic carbocycles. The van der Waals surface area contributed by atoms with E-state index in [4.69, 9.17) is 5.11 Å². The summed E-state index contributed by atoms with van der Waals surface area (Å²) in [6.07, 6.45) is 1.55. The van der Waals surface area contributed by atoms with E-state index in [-0.39, 0.29) is 18.6 Å². The highest BCUT2D eigenvalue weighted by molar-refractivity contribution is 7.99. The van der Waals surface area contributed by atoms with Crippen molar-refractivity contribution in [3.8, 4) is 0 Å². The molecule has 1 rings (SSSR count). The van der Waals surface area contributed by atoms with Gasteiger partial charge in [0.05, 0.1) is 17.0 Å². The van der Waals surface area contributed by atoms with E-state index in [0.29, 0.717) is 5.75 Å². The Morgan fingerprint density at radius 3 is 3.18 bits per heavy atom. The zero-order chi connectivity index (χ0) is 12.5.